The summed E-state index contributed by atoms with van der Waals surface area (Å²) in [4.78, 5) is 20.1. The van der Waals surface area contributed by atoms with Crippen LogP contribution in [0.2, 0.25) is 0 Å². The second-order valence-electron chi connectivity index (χ2n) is 6.81. The highest BCUT2D eigenvalue weighted by atomic mass is 32.2. The molecule has 0 spiro atoms. The predicted octanol–water partition coefficient (Wildman–Crippen LogP) is 4.82. The van der Waals surface area contributed by atoms with E-state index in [-0.39, 0.29) is 11.7 Å². The van der Waals surface area contributed by atoms with Crippen molar-refractivity contribution in [3.8, 4) is 11.4 Å². The van der Waals surface area contributed by atoms with E-state index >= 15 is 0 Å². The zero-order valence-electron chi connectivity index (χ0n) is 17.1. The maximum atomic E-state index is 13.2. The molecule has 1 fully saturated rings. The number of amidine groups is 1. The van der Waals surface area contributed by atoms with E-state index in [1.807, 2.05) is 78.4 Å². The second kappa shape index (κ2) is 9.68. The highest BCUT2D eigenvalue weighted by Crippen LogP contribution is 2.34. The summed E-state index contributed by atoms with van der Waals surface area (Å²) >= 11 is 1.36. The minimum absolute atomic E-state index is 0.0853. The van der Waals surface area contributed by atoms with Gasteiger partial charge in [0.25, 0.3) is 5.91 Å². The molecule has 0 aliphatic carbocycles. The molecule has 0 bridgehead atoms. The first-order valence-electron chi connectivity index (χ1n) is 10.1. The predicted molar refractivity (Wildman–Crippen MR) is 125 cm³/mol. The molecule has 0 unspecified atom stereocenters. The Bertz CT molecular complexity index is 1100. The molecule has 1 aromatic heterocycles. The number of phenols is 1. The first kappa shape index (κ1) is 21.0. The van der Waals surface area contributed by atoms with E-state index in [1.54, 1.807) is 17.0 Å². The summed E-state index contributed by atoms with van der Waals surface area (Å²) in [5.41, 5.74) is 2.57. The molecule has 1 saturated heterocycles. The molecule has 6 nitrogen and oxygen atoms in total. The van der Waals surface area contributed by atoms with Crippen molar-refractivity contribution in [2.45, 2.75) is 6.92 Å². The third-order valence-electron chi connectivity index (χ3n) is 4.72. The molecule has 0 atom stereocenters. The Balaban J connectivity index is 1.65. The van der Waals surface area contributed by atoms with Crippen LogP contribution in [-0.2, 0) is 9.53 Å². The molecule has 1 amide bonds. The zero-order chi connectivity index (χ0) is 21.6. The molecule has 31 heavy (non-hydrogen) atoms. The summed E-state index contributed by atoms with van der Waals surface area (Å²) < 4.78 is 7.44. The van der Waals surface area contributed by atoms with Crippen molar-refractivity contribution in [2.75, 3.05) is 19.8 Å². The molecular formula is C24H23N3O3S. The lowest BCUT2D eigenvalue weighted by Crippen LogP contribution is -2.32. The number of hydrogen-bond acceptors (Lipinski definition) is 5. The van der Waals surface area contributed by atoms with Crippen LogP contribution in [0.15, 0.2) is 82.8 Å². The largest absolute Gasteiger partial charge is 0.508 e. The van der Waals surface area contributed by atoms with Crippen molar-refractivity contribution in [3.63, 3.8) is 0 Å². The van der Waals surface area contributed by atoms with E-state index < -0.39 is 0 Å². The van der Waals surface area contributed by atoms with E-state index in [4.69, 9.17) is 9.73 Å². The van der Waals surface area contributed by atoms with Crippen molar-refractivity contribution < 1.29 is 14.6 Å². The van der Waals surface area contributed by atoms with Crippen LogP contribution in [0.25, 0.3) is 11.8 Å². The third-order valence-corrected chi connectivity index (χ3v) is 5.73. The van der Waals surface area contributed by atoms with Gasteiger partial charge >= 0.3 is 0 Å². The van der Waals surface area contributed by atoms with Gasteiger partial charge in [0.2, 0.25) is 0 Å². The Morgan fingerprint density at radius 1 is 1.06 bits per heavy atom. The Hall–Kier alpha value is -3.29. The van der Waals surface area contributed by atoms with Crippen molar-refractivity contribution >= 4 is 34.6 Å². The van der Waals surface area contributed by atoms with Gasteiger partial charge in [0, 0.05) is 24.2 Å². The molecule has 158 valence electrons. The lowest BCUT2D eigenvalue weighted by molar-refractivity contribution is -0.122. The SMILES string of the molecule is CCOCCN1C(=O)C(=Cc2cccn2-c2ccc(O)cc2)SC1=Nc1ccccc1. The zero-order valence-corrected chi connectivity index (χ0v) is 18.0. The molecule has 7 heteroatoms. The number of rotatable bonds is 7. The molecule has 3 aromatic rings. The number of aromatic hydroxyl groups is 1. The average molecular weight is 434 g/mol. The monoisotopic (exact) mass is 433 g/mol. The lowest BCUT2D eigenvalue weighted by atomic mass is 10.3. The van der Waals surface area contributed by atoms with E-state index in [1.165, 1.54) is 11.8 Å². The minimum atomic E-state index is -0.0853. The van der Waals surface area contributed by atoms with E-state index in [2.05, 4.69) is 0 Å². The molecular weight excluding hydrogens is 410 g/mol. The molecule has 2 aromatic carbocycles. The maximum Gasteiger partial charge on any atom is 0.266 e. The Morgan fingerprint density at radius 3 is 2.58 bits per heavy atom. The number of carbonyl (C=O) groups excluding carboxylic acids is 1. The quantitative estimate of drug-likeness (QED) is 0.428. The highest BCUT2D eigenvalue weighted by molar-refractivity contribution is 8.18. The molecule has 1 aliphatic rings. The number of aromatic nitrogens is 1. The minimum Gasteiger partial charge on any atom is -0.508 e. The fourth-order valence-corrected chi connectivity index (χ4v) is 4.21. The van der Waals surface area contributed by atoms with Crippen LogP contribution in [0.5, 0.6) is 5.75 Å². The third kappa shape index (κ3) is 4.90. The number of thioether (sulfide) groups is 1. The molecule has 1 N–H and O–H groups in total. The number of para-hydroxylation sites is 1. The second-order valence-corrected chi connectivity index (χ2v) is 7.82. The smallest absolute Gasteiger partial charge is 0.266 e. The van der Waals surface area contributed by atoms with Gasteiger partial charge in [0.15, 0.2) is 5.17 Å². The van der Waals surface area contributed by atoms with E-state index in [9.17, 15) is 9.90 Å². The van der Waals surface area contributed by atoms with Crippen LogP contribution in [0.1, 0.15) is 12.6 Å². The molecule has 4 rings (SSSR count). The normalized spacial score (nSPS) is 16.5. The van der Waals surface area contributed by atoms with Crippen LogP contribution >= 0.6 is 11.8 Å². The average Bonchev–Trinajstić information content (AvgIpc) is 3.35. The van der Waals surface area contributed by atoms with Crippen molar-refractivity contribution in [3.05, 3.63) is 83.5 Å². The van der Waals surface area contributed by atoms with Gasteiger partial charge in [-0.2, -0.15) is 0 Å². The summed E-state index contributed by atoms with van der Waals surface area (Å²) in [7, 11) is 0. The number of aliphatic imine (C=N–C) groups is 1. The van der Waals surface area contributed by atoms with Crippen LogP contribution in [0.3, 0.4) is 0 Å². The van der Waals surface area contributed by atoms with Crippen molar-refractivity contribution in [1.29, 1.82) is 0 Å². The van der Waals surface area contributed by atoms with Gasteiger partial charge in [0.05, 0.1) is 23.7 Å². The number of carbonyl (C=O) groups is 1. The Kier molecular flexibility index (Phi) is 6.54. The highest BCUT2D eigenvalue weighted by Gasteiger charge is 2.33. The summed E-state index contributed by atoms with van der Waals surface area (Å²) in [5.74, 6) is 0.127. The standard InChI is InChI=1S/C24H23N3O3S/c1-2-30-16-15-27-23(29)22(31-24(27)25-18-7-4-3-5-8-18)17-20-9-6-14-26(20)19-10-12-21(28)13-11-19/h3-14,17,28H,2,15-16H2,1H3. The fourth-order valence-electron chi connectivity index (χ4n) is 3.20. The van der Waals surface area contributed by atoms with Gasteiger partial charge in [-0.3, -0.25) is 9.69 Å². The first-order chi connectivity index (χ1) is 15.2. The van der Waals surface area contributed by atoms with E-state index in [0.29, 0.717) is 29.8 Å². The summed E-state index contributed by atoms with van der Waals surface area (Å²) in [5, 5.41) is 10.2. The summed E-state index contributed by atoms with van der Waals surface area (Å²) in [6.07, 6.45) is 3.80. The topological polar surface area (TPSA) is 67.1 Å². The van der Waals surface area contributed by atoms with Gasteiger partial charge in [-0.05, 0) is 73.3 Å². The number of hydrogen-bond donors (Lipinski definition) is 1. The Morgan fingerprint density at radius 2 is 1.84 bits per heavy atom. The number of ether oxygens (including phenoxy) is 1. The van der Waals surface area contributed by atoms with Gasteiger partial charge in [-0.25, -0.2) is 4.99 Å². The lowest BCUT2D eigenvalue weighted by Gasteiger charge is -2.15. The molecule has 0 radical (unpaired) electrons. The van der Waals surface area contributed by atoms with Gasteiger partial charge in [0.1, 0.15) is 5.75 Å². The number of phenolic OH excluding ortho intramolecular Hbond substituents is 1. The summed E-state index contributed by atoms with van der Waals surface area (Å²) in [6.45, 7) is 3.43. The summed E-state index contributed by atoms with van der Waals surface area (Å²) in [6, 6.07) is 20.4. The Labute approximate surface area is 185 Å². The number of benzene rings is 2. The van der Waals surface area contributed by atoms with Crippen molar-refractivity contribution in [2.24, 2.45) is 4.99 Å². The molecule has 0 saturated carbocycles. The molecule has 2 heterocycles. The number of amides is 1. The van der Waals surface area contributed by atoms with Crippen LogP contribution < -0.4 is 0 Å². The fraction of sp³-hybridized carbons (Fsp3) is 0.167. The number of nitrogens with zero attached hydrogens (tertiary/aromatic N) is 3. The van der Waals surface area contributed by atoms with Crippen molar-refractivity contribution in [1.82, 2.24) is 9.47 Å². The van der Waals surface area contributed by atoms with Gasteiger partial charge < -0.3 is 14.4 Å². The van der Waals surface area contributed by atoms with Crippen LogP contribution in [-0.4, -0.2) is 45.4 Å². The molecule has 1 aliphatic heterocycles. The van der Waals surface area contributed by atoms with Gasteiger partial charge in [-0.15, -0.1) is 0 Å². The maximum absolute atomic E-state index is 13.2. The van der Waals surface area contributed by atoms with Gasteiger partial charge in [-0.1, -0.05) is 18.2 Å². The van der Waals surface area contributed by atoms with Crippen LogP contribution in [0.4, 0.5) is 5.69 Å². The van der Waals surface area contributed by atoms with Crippen LogP contribution in [0, 0.1) is 0 Å². The van der Waals surface area contributed by atoms with E-state index in [0.717, 1.165) is 17.1 Å². The first-order valence-corrected chi connectivity index (χ1v) is 10.9.